The first-order valence-electron chi connectivity index (χ1n) is 7.38. The molecule has 2 rings (SSSR count). The molecule has 5 nitrogen and oxygen atoms in total. The Morgan fingerprint density at radius 2 is 1.96 bits per heavy atom. The molecule has 0 saturated carbocycles. The highest BCUT2D eigenvalue weighted by Gasteiger charge is 2.09. The van der Waals surface area contributed by atoms with E-state index < -0.39 is 0 Å². The minimum atomic E-state index is -0.364. The zero-order valence-electron chi connectivity index (χ0n) is 13.8. The highest BCUT2D eigenvalue weighted by atomic mass is 127. The third kappa shape index (κ3) is 4.70. The van der Waals surface area contributed by atoms with Gasteiger partial charge in [-0.15, -0.1) is 0 Å². The molecule has 2 aromatic carbocycles. The maximum absolute atomic E-state index is 11.9. The number of amides is 1. The van der Waals surface area contributed by atoms with Crippen LogP contribution in [0.1, 0.15) is 22.3 Å². The Bertz CT molecular complexity index is 788. The van der Waals surface area contributed by atoms with Crippen molar-refractivity contribution in [2.75, 3.05) is 6.61 Å². The number of hydrazone groups is 1. The first kappa shape index (κ1) is 18.3. The molecular formula is C18H19IN2O3. The Kier molecular flexibility index (Phi) is 6.19. The summed E-state index contributed by atoms with van der Waals surface area (Å²) in [5, 5.41) is 13.6. The lowest BCUT2D eigenvalue weighted by Crippen LogP contribution is -2.25. The van der Waals surface area contributed by atoms with E-state index in [-0.39, 0.29) is 18.3 Å². The molecule has 24 heavy (non-hydrogen) atoms. The number of nitrogens with one attached hydrogen (secondary N) is 1. The first-order valence-corrected chi connectivity index (χ1v) is 8.46. The van der Waals surface area contributed by atoms with Gasteiger partial charge in [0.15, 0.2) is 6.61 Å². The van der Waals surface area contributed by atoms with E-state index in [1.54, 1.807) is 18.2 Å². The van der Waals surface area contributed by atoms with Crippen molar-refractivity contribution in [1.82, 2.24) is 5.43 Å². The molecule has 126 valence electrons. The van der Waals surface area contributed by atoms with E-state index in [9.17, 15) is 9.90 Å². The average Bonchev–Trinajstić information content (AvgIpc) is 2.54. The number of aromatic hydroxyl groups is 1. The third-order valence-electron chi connectivity index (χ3n) is 3.60. The van der Waals surface area contributed by atoms with Crippen molar-refractivity contribution in [3.05, 3.63) is 56.2 Å². The minimum Gasteiger partial charge on any atom is -0.507 e. The van der Waals surface area contributed by atoms with Gasteiger partial charge in [-0.05, 0) is 78.3 Å². The van der Waals surface area contributed by atoms with Gasteiger partial charge < -0.3 is 9.84 Å². The Morgan fingerprint density at radius 3 is 2.71 bits per heavy atom. The molecule has 0 heterocycles. The molecule has 0 aromatic heterocycles. The van der Waals surface area contributed by atoms with Crippen molar-refractivity contribution in [2.24, 2.45) is 5.10 Å². The van der Waals surface area contributed by atoms with E-state index in [4.69, 9.17) is 4.74 Å². The summed E-state index contributed by atoms with van der Waals surface area (Å²) in [4.78, 5) is 11.9. The lowest BCUT2D eigenvalue weighted by atomic mass is 10.1. The van der Waals surface area contributed by atoms with Crippen molar-refractivity contribution in [2.45, 2.75) is 20.8 Å². The van der Waals surface area contributed by atoms with Crippen molar-refractivity contribution in [3.63, 3.8) is 0 Å². The topological polar surface area (TPSA) is 70.9 Å². The van der Waals surface area contributed by atoms with Gasteiger partial charge in [-0.1, -0.05) is 12.1 Å². The maximum atomic E-state index is 11.9. The van der Waals surface area contributed by atoms with Crippen LogP contribution in [-0.2, 0) is 4.79 Å². The van der Waals surface area contributed by atoms with E-state index in [1.807, 2.05) is 32.9 Å². The minimum absolute atomic E-state index is 0.107. The molecule has 0 spiro atoms. The van der Waals surface area contributed by atoms with Gasteiger partial charge in [-0.3, -0.25) is 4.79 Å². The summed E-state index contributed by atoms with van der Waals surface area (Å²) in [7, 11) is 0. The first-order chi connectivity index (χ1) is 11.4. The Hall–Kier alpha value is -2.09. The fourth-order valence-electron chi connectivity index (χ4n) is 2.12. The zero-order valence-corrected chi connectivity index (χ0v) is 15.9. The van der Waals surface area contributed by atoms with Crippen molar-refractivity contribution < 1.29 is 14.6 Å². The summed E-state index contributed by atoms with van der Waals surface area (Å²) < 4.78 is 6.58. The van der Waals surface area contributed by atoms with Crippen LogP contribution in [0.3, 0.4) is 0 Å². The molecule has 2 aromatic rings. The van der Waals surface area contributed by atoms with Crippen LogP contribution in [0.5, 0.6) is 11.5 Å². The predicted octanol–water partition coefficient (Wildman–Crippen LogP) is 3.45. The van der Waals surface area contributed by atoms with E-state index in [0.717, 1.165) is 26.0 Å². The van der Waals surface area contributed by atoms with Gasteiger partial charge in [0.2, 0.25) is 0 Å². The number of halogens is 1. The molecule has 1 amide bonds. The molecule has 0 radical (unpaired) electrons. The van der Waals surface area contributed by atoms with Gasteiger partial charge in [0.05, 0.1) is 6.21 Å². The summed E-state index contributed by atoms with van der Waals surface area (Å²) in [6.07, 6.45) is 1.40. The van der Waals surface area contributed by atoms with Crippen molar-refractivity contribution in [1.29, 1.82) is 0 Å². The molecule has 2 N–H and O–H groups in total. The molecule has 0 atom stereocenters. The second-order valence-corrected chi connectivity index (χ2v) is 6.68. The van der Waals surface area contributed by atoms with E-state index >= 15 is 0 Å². The van der Waals surface area contributed by atoms with Gasteiger partial charge in [-0.25, -0.2) is 5.43 Å². The SMILES string of the molecule is Cc1ccc(C)c(OCC(=O)N/N=C\c2cc(I)ccc2O)c1C. The number of aryl methyl sites for hydroxylation is 2. The molecule has 6 heteroatoms. The standard InChI is InChI=1S/C18H19IN2O3/c1-11-4-5-12(2)18(13(11)3)24-10-17(23)21-20-9-14-8-15(19)6-7-16(14)22/h4-9,22H,10H2,1-3H3,(H,21,23)/b20-9-. The molecule has 0 saturated heterocycles. The molecule has 0 aliphatic heterocycles. The number of ether oxygens (including phenoxy) is 1. The largest absolute Gasteiger partial charge is 0.507 e. The number of hydrogen-bond donors (Lipinski definition) is 2. The monoisotopic (exact) mass is 438 g/mol. The van der Waals surface area contributed by atoms with Crippen LogP contribution >= 0.6 is 22.6 Å². The molecule has 0 unspecified atom stereocenters. The molecular weight excluding hydrogens is 419 g/mol. The highest BCUT2D eigenvalue weighted by Crippen LogP contribution is 2.25. The summed E-state index contributed by atoms with van der Waals surface area (Å²) in [6.45, 7) is 5.78. The van der Waals surface area contributed by atoms with Crippen LogP contribution < -0.4 is 10.2 Å². The quantitative estimate of drug-likeness (QED) is 0.427. The fourth-order valence-corrected chi connectivity index (χ4v) is 2.64. The van der Waals surface area contributed by atoms with E-state index in [2.05, 4.69) is 33.1 Å². The number of rotatable bonds is 5. The predicted molar refractivity (Wildman–Crippen MR) is 103 cm³/mol. The number of nitrogens with zero attached hydrogens (tertiary/aromatic N) is 1. The number of carbonyl (C=O) groups is 1. The van der Waals surface area contributed by atoms with E-state index in [0.29, 0.717) is 5.56 Å². The summed E-state index contributed by atoms with van der Waals surface area (Å²) in [6, 6.07) is 9.12. The van der Waals surface area contributed by atoms with Crippen molar-refractivity contribution in [3.8, 4) is 11.5 Å². The number of phenolic OH excluding ortho intramolecular Hbond substituents is 1. The van der Waals surface area contributed by atoms with Crippen LogP contribution in [0.15, 0.2) is 35.4 Å². The van der Waals surface area contributed by atoms with Crippen LogP contribution in [0.25, 0.3) is 0 Å². The summed E-state index contributed by atoms with van der Waals surface area (Å²) in [5.74, 6) is 0.469. The van der Waals surface area contributed by atoms with Gasteiger partial charge >= 0.3 is 0 Å². The fraction of sp³-hybridized carbons (Fsp3) is 0.222. The number of phenols is 1. The molecule has 0 fully saturated rings. The van der Waals surface area contributed by atoms with Gasteiger partial charge in [-0.2, -0.15) is 5.10 Å². The molecule has 0 bridgehead atoms. The third-order valence-corrected chi connectivity index (χ3v) is 4.27. The second-order valence-electron chi connectivity index (χ2n) is 5.44. The average molecular weight is 438 g/mol. The summed E-state index contributed by atoms with van der Waals surface area (Å²) >= 11 is 2.14. The lowest BCUT2D eigenvalue weighted by Gasteiger charge is -2.13. The second kappa shape index (κ2) is 8.14. The number of carbonyl (C=O) groups excluding carboxylic acids is 1. The smallest absolute Gasteiger partial charge is 0.277 e. The van der Waals surface area contributed by atoms with Crippen LogP contribution in [0, 0.1) is 24.3 Å². The van der Waals surface area contributed by atoms with Crippen LogP contribution in [0.4, 0.5) is 0 Å². The normalized spacial score (nSPS) is 10.8. The van der Waals surface area contributed by atoms with Crippen LogP contribution in [0.2, 0.25) is 0 Å². The van der Waals surface area contributed by atoms with Gasteiger partial charge in [0.25, 0.3) is 5.91 Å². The van der Waals surface area contributed by atoms with Crippen LogP contribution in [-0.4, -0.2) is 23.8 Å². The Labute approximate surface area is 154 Å². The lowest BCUT2D eigenvalue weighted by molar-refractivity contribution is -0.123. The molecule has 0 aliphatic carbocycles. The number of hydrogen-bond acceptors (Lipinski definition) is 4. The van der Waals surface area contributed by atoms with E-state index in [1.165, 1.54) is 6.21 Å². The van der Waals surface area contributed by atoms with Crippen molar-refractivity contribution >= 4 is 34.7 Å². The Balaban J connectivity index is 1.94. The zero-order chi connectivity index (χ0) is 17.7. The van der Waals surface area contributed by atoms with Gasteiger partial charge in [0, 0.05) is 9.13 Å². The van der Waals surface area contributed by atoms with Gasteiger partial charge in [0.1, 0.15) is 11.5 Å². The highest BCUT2D eigenvalue weighted by molar-refractivity contribution is 14.1. The molecule has 0 aliphatic rings. The Morgan fingerprint density at radius 1 is 1.25 bits per heavy atom. The summed E-state index contributed by atoms with van der Waals surface area (Å²) in [5.41, 5.74) is 6.05. The number of benzene rings is 2. The maximum Gasteiger partial charge on any atom is 0.277 e.